The van der Waals surface area contributed by atoms with Crippen LogP contribution in [0.25, 0.3) is 0 Å². The summed E-state index contributed by atoms with van der Waals surface area (Å²) >= 11 is 0. The first-order chi connectivity index (χ1) is 14.3. The highest BCUT2D eigenvalue weighted by Crippen LogP contribution is 2.44. The Labute approximate surface area is 172 Å². The van der Waals surface area contributed by atoms with E-state index in [1.165, 1.54) is 19.2 Å². The summed E-state index contributed by atoms with van der Waals surface area (Å²) < 4.78 is 5.31. The summed E-state index contributed by atoms with van der Waals surface area (Å²) in [5.74, 6) is -1.55. The molecule has 0 saturated heterocycles. The molecule has 0 saturated carbocycles. The van der Waals surface area contributed by atoms with Crippen molar-refractivity contribution < 1.29 is 19.7 Å². The van der Waals surface area contributed by atoms with Crippen LogP contribution in [0, 0.1) is 5.92 Å². The number of H-pyrrole nitrogens is 2. The maximum atomic E-state index is 13.4. The molecule has 156 valence electrons. The van der Waals surface area contributed by atoms with Gasteiger partial charge in [-0.15, -0.1) is 0 Å². The zero-order valence-electron chi connectivity index (χ0n) is 16.6. The molecule has 0 spiro atoms. The largest absolute Gasteiger partial charge is 0.508 e. The highest BCUT2D eigenvalue weighted by atomic mass is 16.5. The summed E-state index contributed by atoms with van der Waals surface area (Å²) in [5, 5.41) is 29.2. The van der Waals surface area contributed by atoms with Gasteiger partial charge >= 0.3 is 0 Å². The molecule has 8 heteroatoms. The minimum atomic E-state index is -1.44. The number of methoxy groups -OCH3 is 1. The molecule has 0 unspecified atom stereocenters. The van der Waals surface area contributed by atoms with E-state index in [0.29, 0.717) is 28.3 Å². The van der Waals surface area contributed by atoms with Gasteiger partial charge in [-0.1, -0.05) is 24.3 Å². The van der Waals surface area contributed by atoms with Crippen LogP contribution in [0.2, 0.25) is 0 Å². The molecule has 0 fully saturated rings. The standard InChI is InChI=1S/C22H23N3O5/c1-22(29)11-15-18(20(27)25-24-15)17(12-7-9-13(26)10-8-12)19(22)21(28)23-14-5-3-4-6-16(14)30-2/h3-10,17,19,26,29H,11H2,1-2H3,(H,23,28)(H2,24,25,27)/t17-,19+,22-/m0/s1. The van der Waals surface area contributed by atoms with E-state index in [2.05, 4.69) is 15.5 Å². The van der Waals surface area contributed by atoms with Gasteiger partial charge in [0.1, 0.15) is 11.5 Å². The monoisotopic (exact) mass is 409 g/mol. The number of phenols is 1. The smallest absolute Gasteiger partial charge is 0.267 e. The summed E-state index contributed by atoms with van der Waals surface area (Å²) in [6, 6.07) is 13.3. The Kier molecular flexibility index (Phi) is 4.87. The van der Waals surface area contributed by atoms with Gasteiger partial charge in [0.15, 0.2) is 0 Å². The molecular weight excluding hydrogens is 386 g/mol. The molecule has 4 rings (SSSR count). The summed E-state index contributed by atoms with van der Waals surface area (Å²) in [4.78, 5) is 26.0. The van der Waals surface area contributed by atoms with E-state index >= 15 is 0 Å². The van der Waals surface area contributed by atoms with Crippen LogP contribution in [0.15, 0.2) is 53.3 Å². The summed E-state index contributed by atoms with van der Waals surface area (Å²) in [7, 11) is 1.51. The third-order valence-electron chi connectivity index (χ3n) is 5.65. The normalized spacial score (nSPS) is 22.9. The third kappa shape index (κ3) is 3.35. The molecule has 0 radical (unpaired) electrons. The predicted octanol–water partition coefficient (Wildman–Crippen LogP) is 2.11. The fourth-order valence-electron chi connectivity index (χ4n) is 4.30. The number of carbonyl (C=O) groups is 1. The third-order valence-corrected chi connectivity index (χ3v) is 5.65. The number of ether oxygens (including phenoxy) is 1. The molecule has 30 heavy (non-hydrogen) atoms. The lowest BCUT2D eigenvalue weighted by molar-refractivity contribution is -0.130. The number of nitrogens with one attached hydrogen (secondary N) is 3. The van der Waals surface area contributed by atoms with E-state index in [9.17, 15) is 19.8 Å². The van der Waals surface area contributed by atoms with Crippen LogP contribution in [-0.4, -0.2) is 39.0 Å². The molecule has 3 aromatic rings. The number of carbonyl (C=O) groups excluding carboxylic acids is 1. The van der Waals surface area contributed by atoms with Crippen molar-refractivity contribution in [2.75, 3.05) is 12.4 Å². The highest BCUT2D eigenvalue weighted by Gasteiger charge is 2.50. The van der Waals surface area contributed by atoms with Crippen molar-refractivity contribution in [3.63, 3.8) is 0 Å². The number of benzene rings is 2. The number of hydrogen-bond acceptors (Lipinski definition) is 5. The Morgan fingerprint density at radius 3 is 2.57 bits per heavy atom. The van der Waals surface area contributed by atoms with Crippen molar-refractivity contribution in [1.82, 2.24) is 10.2 Å². The number of aromatic nitrogens is 2. The zero-order chi connectivity index (χ0) is 21.5. The lowest BCUT2D eigenvalue weighted by Gasteiger charge is -2.41. The molecule has 1 aliphatic carbocycles. The topological polar surface area (TPSA) is 127 Å². The Balaban J connectivity index is 1.82. The molecule has 1 aliphatic rings. The summed E-state index contributed by atoms with van der Waals surface area (Å²) in [6.45, 7) is 1.58. The van der Waals surface area contributed by atoms with E-state index < -0.39 is 23.3 Å². The number of rotatable bonds is 4. The van der Waals surface area contributed by atoms with Gasteiger partial charge in [0, 0.05) is 23.6 Å². The zero-order valence-corrected chi connectivity index (χ0v) is 16.6. The molecule has 1 heterocycles. The second kappa shape index (κ2) is 7.38. The second-order valence-corrected chi connectivity index (χ2v) is 7.74. The van der Waals surface area contributed by atoms with Gasteiger partial charge in [-0.2, -0.15) is 0 Å². The van der Waals surface area contributed by atoms with Crippen molar-refractivity contribution in [3.8, 4) is 11.5 Å². The molecule has 1 amide bonds. The fraction of sp³-hybridized carbons (Fsp3) is 0.273. The van der Waals surface area contributed by atoms with E-state index in [1.807, 2.05) is 0 Å². The lowest BCUT2D eigenvalue weighted by atomic mass is 9.66. The Bertz CT molecular complexity index is 1130. The van der Waals surface area contributed by atoms with Crippen LogP contribution < -0.4 is 15.6 Å². The number of aliphatic hydroxyl groups is 1. The van der Waals surface area contributed by atoms with Crippen molar-refractivity contribution in [3.05, 3.63) is 75.7 Å². The number of aromatic amines is 2. The van der Waals surface area contributed by atoms with Crippen molar-refractivity contribution in [2.24, 2.45) is 5.92 Å². The summed E-state index contributed by atoms with van der Waals surface area (Å²) in [5.41, 5.74) is 0.302. The van der Waals surface area contributed by atoms with Gasteiger partial charge < -0.3 is 25.4 Å². The number of fused-ring (bicyclic) bond motifs is 1. The van der Waals surface area contributed by atoms with Crippen LogP contribution in [-0.2, 0) is 11.2 Å². The van der Waals surface area contributed by atoms with Crippen LogP contribution >= 0.6 is 0 Å². The van der Waals surface area contributed by atoms with E-state index in [0.717, 1.165) is 0 Å². The molecule has 3 atom stereocenters. The SMILES string of the molecule is COc1ccccc1NC(=O)[C@H]1[C@@H](c2ccc(O)cc2)c2c([nH][nH]c2=O)C[C@]1(C)O. The molecule has 5 N–H and O–H groups in total. The number of amides is 1. The first kappa shape index (κ1) is 19.8. The van der Waals surface area contributed by atoms with Gasteiger partial charge in [0.2, 0.25) is 5.91 Å². The van der Waals surface area contributed by atoms with Crippen molar-refractivity contribution >= 4 is 11.6 Å². The Morgan fingerprint density at radius 2 is 1.87 bits per heavy atom. The molecule has 0 bridgehead atoms. The molecule has 8 nitrogen and oxygen atoms in total. The van der Waals surface area contributed by atoms with Gasteiger partial charge in [0.25, 0.3) is 5.56 Å². The first-order valence-corrected chi connectivity index (χ1v) is 9.56. The molecule has 1 aromatic heterocycles. The van der Waals surface area contributed by atoms with E-state index in [4.69, 9.17) is 4.74 Å². The van der Waals surface area contributed by atoms with Crippen LogP contribution in [0.1, 0.15) is 29.7 Å². The second-order valence-electron chi connectivity index (χ2n) is 7.74. The predicted molar refractivity (Wildman–Crippen MR) is 111 cm³/mol. The quantitative estimate of drug-likeness (QED) is 0.451. The number of para-hydroxylation sites is 2. The van der Waals surface area contributed by atoms with Gasteiger partial charge in [0.05, 0.1) is 24.3 Å². The minimum Gasteiger partial charge on any atom is -0.508 e. The minimum absolute atomic E-state index is 0.0690. The number of anilines is 1. The molecule has 0 aliphatic heterocycles. The van der Waals surface area contributed by atoms with Gasteiger partial charge in [-0.25, -0.2) is 0 Å². The first-order valence-electron chi connectivity index (χ1n) is 9.56. The lowest BCUT2D eigenvalue weighted by Crippen LogP contribution is -2.51. The molecular formula is C22H23N3O5. The van der Waals surface area contributed by atoms with Crippen LogP contribution in [0.4, 0.5) is 5.69 Å². The van der Waals surface area contributed by atoms with Crippen molar-refractivity contribution in [1.29, 1.82) is 0 Å². The highest BCUT2D eigenvalue weighted by molar-refractivity contribution is 5.96. The maximum absolute atomic E-state index is 13.4. The average Bonchev–Trinajstić information content (AvgIpc) is 3.07. The number of hydrogen-bond donors (Lipinski definition) is 5. The van der Waals surface area contributed by atoms with Gasteiger partial charge in [-0.05, 0) is 36.8 Å². The van der Waals surface area contributed by atoms with E-state index in [-0.39, 0.29) is 17.7 Å². The fourth-order valence-corrected chi connectivity index (χ4v) is 4.30. The molecule has 2 aromatic carbocycles. The number of phenolic OH excluding ortho intramolecular Hbond substituents is 1. The number of aromatic hydroxyl groups is 1. The average molecular weight is 409 g/mol. The Hall–Kier alpha value is -3.52. The Morgan fingerprint density at radius 1 is 1.17 bits per heavy atom. The van der Waals surface area contributed by atoms with E-state index in [1.54, 1.807) is 43.3 Å². The van der Waals surface area contributed by atoms with Gasteiger partial charge in [-0.3, -0.25) is 14.7 Å². The van der Waals surface area contributed by atoms with Crippen LogP contribution in [0.3, 0.4) is 0 Å². The van der Waals surface area contributed by atoms with Crippen LogP contribution in [0.5, 0.6) is 11.5 Å². The maximum Gasteiger partial charge on any atom is 0.267 e. The summed E-state index contributed by atoms with van der Waals surface area (Å²) in [6.07, 6.45) is 0.111. The van der Waals surface area contributed by atoms with Crippen molar-refractivity contribution in [2.45, 2.75) is 24.9 Å².